The molecule has 0 bridgehead atoms. The molecule has 0 nitrogen and oxygen atoms in total. The van der Waals surface area contributed by atoms with Crippen LogP contribution in [0.5, 0.6) is 0 Å². The minimum Gasteiger partial charge on any atom is -0.0872 e. The summed E-state index contributed by atoms with van der Waals surface area (Å²) in [5, 5.41) is 1.53. The average molecular weight is 222 g/mol. The molecule has 1 aromatic rings. The maximum Gasteiger partial charge on any atom is -0.0199 e. The first kappa shape index (κ1) is 12.7. The van der Waals surface area contributed by atoms with Crippen molar-refractivity contribution >= 4 is 13.9 Å². The van der Waals surface area contributed by atoms with Gasteiger partial charge in [0.25, 0.3) is 0 Å². The second kappa shape index (κ2) is 7.88. The van der Waals surface area contributed by atoms with E-state index in [9.17, 15) is 0 Å². The third-order valence-electron chi connectivity index (χ3n) is 2.79. The number of unbranched alkanes of at least 4 members (excludes halogenated alkanes) is 2. The first-order valence-corrected chi connectivity index (χ1v) is 7.26. The second-order valence-corrected chi connectivity index (χ2v) is 5.79. The van der Waals surface area contributed by atoms with Crippen LogP contribution in [0.3, 0.4) is 0 Å². The van der Waals surface area contributed by atoms with Crippen LogP contribution in [-0.2, 0) is 0 Å². The molecule has 1 aromatic carbocycles. The first-order valence-electron chi connectivity index (χ1n) is 6.18. The molecule has 84 valence electrons. The summed E-state index contributed by atoms with van der Waals surface area (Å²) < 4.78 is 0. The molecule has 0 heterocycles. The molecular formula is C14H23P. The van der Waals surface area contributed by atoms with Crippen LogP contribution in [-0.4, -0.2) is 5.66 Å². The molecule has 0 aromatic heterocycles. The lowest BCUT2D eigenvalue weighted by Crippen LogP contribution is -2.05. The number of benzene rings is 1. The zero-order valence-corrected chi connectivity index (χ0v) is 11.0. The fourth-order valence-electron chi connectivity index (χ4n) is 1.79. The van der Waals surface area contributed by atoms with Gasteiger partial charge in [-0.3, -0.25) is 0 Å². The first-order chi connectivity index (χ1) is 7.36. The number of hydrogen-bond acceptors (Lipinski definition) is 0. The van der Waals surface area contributed by atoms with Gasteiger partial charge in [0.05, 0.1) is 0 Å². The van der Waals surface area contributed by atoms with E-state index in [0.717, 1.165) is 14.2 Å². The Hall–Kier alpha value is -0.350. The van der Waals surface area contributed by atoms with Gasteiger partial charge in [0.2, 0.25) is 0 Å². The van der Waals surface area contributed by atoms with Crippen molar-refractivity contribution in [1.29, 1.82) is 0 Å². The van der Waals surface area contributed by atoms with Crippen molar-refractivity contribution in [1.82, 2.24) is 0 Å². The summed E-state index contributed by atoms with van der Waals surface area (Å²) >= 11 is 0. The zero-order chi connectivity index (χ0) is 10.9. The maximum absolute atomic E-state index is 2.33. The van der Waals surface area contributed by atoms with E-state index in [-0.39, 0.29) is 0 Å². The van der Waals surface area contributed by atoms with Crippen molar-refractivity contribution in [2.75, 3.05) is 0 Å². The normalized spacial score (nSPS) is 13.5. The summed E-state index contributed by atoms with van der Waals surface area (Å²) in [6.45, 7) is 4.60. The Bertz CT molecular complexity index is 243. The lowest BCUT2D eigenvalue weighted by atomic mass is 10.1. The van der Waals surface area contributed by atoms with E-state index in [2.05, 4.69) is 44.2 Å². The van der Waals surface area contributed by atoms with Gasteiger partial charge in [-0.1, -0.05) is 72.0 Å². The molecule has 2 atom stereocenters. The highest BCUT2D eigenvalue weighted by molar-refractivity contribution is 7.48. The Morgan fingerprint density at radius 3 is 2.40 bits per heavy atom. The van der Waals surface area contributed by atoms with Crippen molar-refractivity contribution in [3.63, 3.8) is 0 Å². The summed E-state index contributed by atoms with van der Waals surface area (Å²) in [5.74, 6) is 0. The molecule has 0 radical (unpaired) electrons. The van der Waals surface area contributed by atoms with Crippen molar-refractivity contribution in [3.05, 3.63) is 30.3 Å². The Morgan fingerprint density at radius 1 is 1.07 bits per heavy atom. The highest BCUT2D eigenvalue weighted by Crippen LogP contribution is 2.26. The van der Waals surface area contributed by atoms with Crippen LogP contribution in [0.4, 0.5) is 0 Å². The smallest absolute Gasteiger partial charge is 0.0199 e. The van der Waals surface area contributed by atoms with Crippen LogP contribution in [0.15, 0.2) is 30.3 Å². The summed E-state index contributed by atoms with van der Waals surface area (Å²) in [5.41, 5.74) is 0.916. The second-order valence-electron chi connectivity index (χ2n) is 4.11. The standard InChI is InChI=1S/C14H23P/c1-3-5-7-10-13(4-2)15-14-11-8-6-9-12-14/h6,8-9,11-13,15H,3-5,7,10H2,1-2H3. The Morgan fingerprint density at radius 2 is 1.80 bits per heavy atom. The molecule has 0 aliphatic rings. The molecule has 0 saturated heterocycles. The van der Waals surface area contributed by atoms with Crippen molar-refractivity contribution < 1.29 is 0 Å². The van der Waals surface area contributed by atoms with Gasteiger partial charge in [-0.2, -0.15) is 0 Å². The summed E-state index contributed by atoms with van der Waals surface area (Å²) in [4.78, 5) is 0. The quantitative estimate of drug-likeness (QED) is 0.475. The fourth-order valence-corrected chi connectivity index (χ4v) is 3.20. The van der Waals surface area contributed by atoms with E-state index < -0.39 is 0 Å². The third-order valence-corrected chi connectivity index (χ3v) is 4.57. The average Bonchev–Trinajstić information content (AvgIpc) is 2.29. The Balaban J connectivity index is 2.33. The molecule has 0 fully saturated rings. The molecule has 1 heteroatoms. The molecule has 0 spiro atoms. The highest BCUT2D eigenvalue weighted by atomic mass is 31.1. The van der Waals surface area contributed by atoms with Gasteiger partial charge >= 0.3 is 0 Å². The van der Waals surface area contributed by atoms with E-state index in [0.29, 0.717) is 0 Å². The van der Waals surface area contributed by atoms with E-state index in [1.807, 2.05) is 0 Å². The van der Waals surface area contributed by atoms with E-state index >= 15 is 0 Å². The van der Waals surface area contributed by atoms with E-state index in [4.69, 9.17) is 0 Å². The minimum absolute atomic E-state index is 0.916. The van der Waals surface area contributed by atoms with Gasteiger partial charge in [0, 0.05) is 0 Å². The molecule has 0 N–H and O–H groups in total. The Labute approximate surface area is 96.3 Å². The predicted molar refractivity (Wildman–Crippen MR) is 72.6 cm³/mol. The lowest BCUT2D eigenvalue weighted by Gasteiger charge is -2.14. The van der Waals surface area contributed by atoms with Gasteiger partial charge in [-0.15, -0.1) is 0 Å². The van der Waals surface area contributed by atoms with E-state index in [1.54, 1.807) is 0 Å². The van der Waals surface area contributed by atoms with Gasteiger partial charge < -0.3 is 0 Å². The topological polar surface area (TPSA) is 0 Å². The van der Waals surface area contributed by atoms with Crippen molar-refractivity contribution in [3.8, 4) is 0 Å². The number of hydrogen-bond donors (Lipinski definition) is 0. The SMILES string of the molecule is CCCCCC(CC)Pc1ccccc1. The number of rotatable bonds is 7. The summed E-state index contributed by atoms with van der Waals surface area (Å²) in [7, 11) is 1.01. The van der Waals surface area contributed by atoms with E-state index in [1.165, 1.54) is 37.4 Å². The minimum atomic E-state index is 0.916. The van der Waals surface area contributed by atoms with Crippen molar-refractivity contribution in [2.24, 2.45) is 0 Å². The summed E-state index contributed by atoms with van der Waals surface area (Å²) in [6.07, 6.45) is 6.89. The van der Waals surface area contributed by atoms with Crippen LogP contribution < -0.4 is 5.30 Å². The van der Waals surface area contributed by atoms with Gasteiger partial charge in [-0.05, 0) is 23.8 Å². The molecule has 1 rings (SSSR count). The van der Waals surface area contributed by atoms with Crippen LogP contribution in [0, 0.1) is 0 Å². The summed E-state index contributed by atoms with van der Waals surface area (Å²) in [6, 6.07) is 10.9. The third kappa shape index (κ3) is 5.33. The molecule has 2 unspecified atom stereocenters. The largest absolute Gasteiger partial charge is 0.0872 e. The Kier molecular flexibility index (Phi) is 6.68. The molecule has 15 heavy (non-hydrogen) atoms. The van der Waals surface area contributed by atoms with Crippen LogP contribution in [0.2, 0.25) is 0 Å². The fraction of sp³-hybridized carbons (Fsp3) is 0.571. The van der Waals surface area contributed by atoms with Gasteiger partial charge in [0.1, 0.15) is 0 Å². The molecule has 0 aliphatic heterocycles. The molecule has 0 aliphatic carbocycles. The zero-order valence-electron chi connectivity index (χ0n) is 10.00. The van der Waals surface area contributed by atoms with Crippen molar-refractivity contribution in [2.45, 2.75) is 51.6 Å². The maximum atomic E-state index is 2.33. The molecule has 0 amide bonds. The van der Waals surface area contributed by atoms with Gasteiger partial charge in [-0.25, -0.2) is 0 Å². The molecular weight excluding hydrogens is 199 g/mol. The predicted octanol–water partition coefficient (Wildman–Crippen LogP) is 4.35. The van der Waals surface area contributed by atoms with Gasteiger partial charge in [0.15, 0.2) is 0 Å². The van der Waals surface area contributed by atoms with Crippen LogP contribution in [0.1, 0.15) is 46.0 Å². The van der Waals surface area contributed by atoms with Crippen LogP contribution >= 0.6 is 8.58 Å². The highest BCUT2D eigenvalue weighted by Gasteiger charge is 2.06. The lowest BCUT2D eigenvalue weighted by molar-refractivity contribution is 0.634. The van der Waals surface area contributed by atoms with Crippen LogP contribution in [0.25, 0.3) is 0 Å². The monoisotopic (exact) mass is 222 g/mol. The molecule has 0 saturated carbocycles.